The van der Waals surface area contributed by atoms with E-state index in [1.54, 1.807) is 12.3 Å². The molecule has 0 atom stereocenters. The van der Waals surface area contributed by atoms with Gasteiger partial charge in [0.25, 0.3) is 5.91 Å². The Labute approximate surface area is 148 Å². The Balaban J connectivity index is 1.97. The van der Waals surface area contributed by atoms with E-state index in [2.05, 4.69) is 10.3 Å². The SMILES string of the molecule is CCc1cccc(NC(=O)c2ccnc3c2CCC3)c1C(=O)C(C)C. The molecule has 0 unspecified atom stereocenters. The molecule has 25 heavy (non-hydrogen) atoms. The van der Waals surface area contributed by atoms with E-state index < -0.39 is 0 Å². The summed E-state index contributed by atoms with van der Waals surface area (Å²) in [5.41, 5.74) is 4.95. The standard InChI is InChI=1S/C21H24N2O2/c1-4-14-7-5-10-18(19(14)20(24)13(2)3)23-21(25)16-11-12-22-17-9-6-8-15(16)17/h5,7,10-13H,4,6,8-9H2,1-3H3,(H,23,25). The fourth-order valence-electron chi connectivity index (χ4n) is 3.44. The first-order valence-corrected chi connectivity index (χ1v) is 8.97. The lowest BCUT2D eigenvalue weighted by atomic mass is 9.93. The highest BCUT2D eigenvalue weighted by molar-refractivity contribution is 6.11. The number of hydrogen-bond acceptors (Lipinski definition) is 3. The predicted molar refractivity (Wildman–Crippen MR) is 99.2 cm³/mol. The topological polar surface area (TPSA) is 59.1 Å². The molecule has 4 nitrogen and oxygen atoms in total. The zero-order chi connectivity index (χ0) is 18.0. The smallest absolute Gasteiger partial charge is 0.256 e. The van der Waals surface area contributed by atoms with Gasteiger partial charge in [0.1, 0.15) is 0 Å². The van der Waals surface area contributed by atoms with Crippen LogP contribution in [0.2, 0.25) is 0 Å². The normalized spacial score (nSPS) is 13.0. The van der Waals surface area contributed by atoms with Gasteiger partial charge in [-0.3, -0.25) is 14.6 Å². The first kappa shape index (κ1) is 17.3. The first-order chi connectivity index (χ1) is 12.0. The van der Waals surface area contributed by atoms with Crippen molar-refractivity contribution in [2.24, 2.45) is 5.92 Å². The molecular formula is C21H24N2O2. The molecule has 4 heteroatoms. The number of aromatic nitrogens is 1. The third-order valence-electron chi connectivity index (χ3n) is 4.78. The second-order valence-electron chi connectivity index (χ2n) is 6.80. The quantitative estimate of drug-likeness (QED) is 0.832. The third kappa shape index (κ3) is 3.34. The van der Waals surface area contributed by atoms with Crippen LogP contribution in [0.4, 0.5) is 5.69 Å². The number of benzene rings is 1. The highest BCUT2D eigenvalue weighted by atomic mass is 16.2. The van der Waals surface area contributed by atoms with Crippen LogP contribution < -0.4 is 5.32 Å². The molecule has 1 amide bonds. The fraction of sp³-hybridized carbons (Fsp3) is 0.381. The highest BCUT2D eigenvalue weighted by Gasteiger charge is 2.23. The molecule has 1 aromatic carbocycles. The predicted octanol–water partition coefficient (Wildman–Crippen LogP) is 4.22. The maximum atomic E-state index is 12.9. The van der Waals surface area contributed by atoms with Crippen molar-refractivity contribution in [3.05, 3.63) is 58.4 Å². The van der Waals surface area contributed by atoms with Gasteiger partial charge in [0.15, 0.2) is 5.78 Å². The Bertz CT molecular complexity index is 825. The molecule has 0 fully saturated rings. The van der Waals surface area contributed by atoms with Crippen molar-refractivity contribution in [1.82, 2.24) is 4.98 Å². The molecule has 1 N–H and O–H groups in total. The number of rotatable bonds is 5. The number of nitrogens with one attached hydrogen (secondary N) is 1. The maximum absolute atomic E-state index is 12.9. The number of ketones is 1. The highest BCUT2D eigenvalue weighted by Crippen LogP contribution is 2.27. The zero-order valence-corrected chi connectivity index (χ0v) is 15.1. The van der Waals surface area contributed by atoms with E-state index in [1.807, 2.05) is 39.0 Å². The second-order valence-corrected chi connectivity index (χ2v) is 6.80. The molecule has 0 bridgehead atoms. The molecule has 0 spiro atoms. The molecule has 0 saturated carbocycles. The van der Waals surface area contributed by atoms with Crippen LogP contribution in [-0.2, 0) is 19.3 Å². The summed E-state index contributed by atoms with van der Waals surface area (Å²) in [5.74, 6) is -0.215. The van der Waals surface area contributed by atoms with Crippen LogP contribution in [0, 0.1) is 5.92 Å². The molecule has 1 aliphatic rings. The van der Waals surface area contributed by atoms with Crippen molar-refractivity contribution in [3.63, 3.8) is 0 Å². The van der Waals surface area contributed by atoms with Crippen LogP contribution in [0.15, 0.2) is 30.5 Å². The van der Waals surface area contributed by atoms with E-state index in [0.29, 0.717) is 16.8 Å². The van der Waals surface area contributed by atoms with Gasteiger partial charge in [-0.25, -0.2) is 0 Å². The van der Waals surface area contributed by atoms with Gasteiger partial charge in [-0.1, -0.05) is 32.9 Å². The lowest BCUT2D eigenvalue weighted by Gasteiger charge is -2.16. The summed E-state index contributed by atoms with van der Waals surface area (Å²) < 4.78 is 0. The molecule has 1 aromatic heterocycles. The van der Waals surface area contributed by atoms with E-state index in [-0.39, 0.29) is 17.6 Å². The second kappa shape index (κ2) is 7.18. The molecule has 130 valence electrons. The van der Waals surface area contributed by atoms with Crippen LogP contribution in [0.25, 0.3) is 0 Å². The van der Waals surface area contributed by atoms with Gasteiger partial charge in [0.2, 0.25) is 0 Å². The Kier molecular flexibility index (Phi) is 4.98. The number of carbonyl (C=O) groups is 2. The molecule has 1 heterocycles. The summed E-state index contributed by atoms with van der Waals surface area (Å²) in [5, 5.41) is 2.98. The number of carbonyl (C=O) groups excluding carboxylic acids is 2. The number of pyridine rings is 1. The van der Waals surface area contributed by atoms with Crippen molar-refractivity contribution >= 4 is 17.4 Å². The van der Waals surface area contributed by atoms with Crippen LogP contribution in [0.5, 0.6) is 0 Å². The van der Waals surface area contributed by atoms with Gasteiger partial charge in [-0.05, 0) is 48.9 Å². The number of fused-ring (bicyclic) bond motifs is 1. The van der Waals surface area contributed by atoms with Gasteiger partial charge >= 0.3 is 0 Å². The largest absolute Gasteiger partial charge is 0.321 e. The van der Waals surface area contributed by atoms with Gasteiger partial charge in [-0.15, -0.1) is 0 Å². The van der Waals surface area contributed by atoms with E-state index in [0.717, 1.165) is 42.5 Å². The summed E-state index contributed by atoms with van der Waals surface area (Å²) >= 11 is 0. The Morgan fingerprint density at radius 3 is 2.72 bits per heavy atom. The van der Waals surface area contributed by atoms with E-state index in [1.165, 1.54) is 0 Å². The maximum Gasteiger partial charge on any atom is 0.256 e. The van der Waals surface area contributed by atoms with Crippen molar-refractivity contribution in [2.45, 2.75) is 46.5 Å². The Hall–Kier alpha value is -2.49. The summed E-state index contributed by atoms with van der Waals surface area (Å²) in [6.07, 6.45) is 5.30. The minimum absolute atomic E-state index is 0.0627. The van der Waals surface area contributed by atoms with Crippen LogP contribution in [0.3, 0.4) is 0 Å². The van der Waals surface area contributed by atoms with Crippen molar-refractivity contribution in [1.29, 1.82) is 0 Å². The minimum atomic E-state index is -0.161. The monoisotopic (exact) mass is 336 g/mol. The van der Waals surface area contributed by atoms with Gasteiger partial charge in [0.05, 0.1) is 5.69 Å². The zero-order valence-electron chi connectivity index (χ0n) is 15.1. The number of Topliss-reactive ketones (excluding diaryl/α,β-unsaturated/α-hetero) is 1. The average molecular weight is 336 g/mol. The Morgan fingerprint density at radius 1 is 1.20 bits per heavy atom. The van der Waals surface area contributed by atoms with Crippen molar-refractivity contribution < 1.29 is 9.59 Å². The van der Waals surface area contributed by atoms with Crippen LogP contribution in [0.1, 0.15) is 64.7 Å². The van der Waals surface area contributed by atoms with Gasteiger partial charge in [0, 0.05) is 28.9 Å². The van der Waals surface area contributed by atoms with Crippen LogP contribution >= 0.6 is 0 Å². The summed E-state index contributed by atoms with van der Waals surface area (Å²) in [6, 6.07) is 7.43. The summed E-state index contributed by atoms with van der Waals surface area (Å²) in [6.45, 7) is 5.79. The lowest BCUT2D eigenvalue weighted by molar-refractivity contribution is 0.0939. The minimum Gasteiger partial charge on any atom is -0.321 e. The summed E-state index contributed by atoms with van der Waals surface area (Å²) in [7, 11) is 0. The van der Waals surface area contributed by atoms with Crippen molar-refractivity contribution in [3.8, 4) is 0 Å². The van der Waals surface area contributed by atoms with E-state index in [4.69, 9.17) is 0 Å². The summed E-state index contributed by atoms with van der Waals surface area (Å²) in [4.78, 5) is 29.9. The number of hydrogen-bond donors (Lipinski definition) is 1. The first-order valence-electron chi connectivity index (χ1n) is 8.97. The molecule has 2 aromatic rings. The average Bonchev–Trinajstić information content (AvgIpc) is 3.09. The number of amides is 1. The molecular weight excluding hydrogens is 312 g/mol. The Morgan fingerprint density at radius 2 is 2.00 bits per heavy atom. The molecule has 1 aliphatic carbocycles. The van der Waals surface area contributed by atoms with E-state index >= 15 is 0 Å². The fourth-order valence-corrected chi connectivity index (χ4v) is 3.44. The number of nitrogens with zero attached hydrogens (tertiary/aromatic N) is 1. The van der Waals surface area contributed by atoms with E-state index in [9.17, 15) is 9.59 Å². The van der Waals surface area contributed by atoms with Gasteiger partial charge in [-0.2, -0.15) is 0 Å². The van der Waals surface area contributed by atoms with Crippen molar-refractivity contribution in [2.75, 3.05) is 5.32 Å². The van der Waals surface area contributed by atoms with Gasteiger partial charge < -0.3 is 5.32 Å². The molecule has 0 aliphatic heterocycles. The molecule has 0 radical (unpaired) electrons. The third-order valence-corrected chi connectivity index (χ3v) is 4.78. The molecule has 0 saturated heterocycles. The number of aryl methyl sites for hydroxylation is 2. The molecule has 3 rings (SSSR count). The van der Waals surface area contributed by atoms with Crippen LogP contribution in [-0.4, -0.2) is 16.7 Å². The number of anilines is 1. The lowest BCUT2D eigenvalue weighted by Crippen LogP contribution is -2.19.